The Hall–Kier alpha value is -2.86. The number of hydrogen-bond donors (Lipinski definition) is 0. The highest BCUT2D eigenvalue weighted by Crippen LogP contribution is 2.17. The van der Waals surface area contributed by atoms with Crippen molar-refractivity contribution in [2.75, 3.05) is 0 Å². The summed E-state index contributed by atoms with van der Waals surface area (Å²) >= 11 is 1.58. The zero-order valence-corrected chi connectivity index (χ0v) is 13.3. The summed E-state index contributed by atoms with van der Waals surface area (Å²) in [6.45, 7) is 1.99. The van der Waals surface area contributed by atoms with Crippen molar-refractivity contribution in [2.24, 2.45) is 0 Å². The Morgan fingerprint density at radius 3 is 2.30 bits per heavy atom. The van der Waals surface area contributed by atoms with Gasteiger partial charge in [0.1, 0.15) is 16.6 Å². The molecule has 0 aliphatic rings. The van der Waals surface area contributed by atoms with Crippen LogP contribution in [0.25, 0.3) is 22.2 Å². The standard InChI is InChI=1S/C17H14N5S/c1-13-12-23-17(18-13)21-16(14-8-4-2-5-9-14)19-20-22(21)15-10-6-3-7-11-15/h2-12H,1H3/q+1. The zero-order valence-electron chi connectivity index (χ0n) is 12.5. The average molecular weight is 320 g/mol. The smallest absolute Gasteiger partial charge is 0.127 e. The molecule has 0 saturated carbocycles. The van der Waals surface area contributed by atoms with Crippen LogP contribution < -0.4 is 4.68 Å². The Morgan fingerprint density at radius 2 is 1.65 bits per heavy atom. The van der Waals surface area contributed by atoms with Crippen LogP contribution in [0, 0.1) is 6.92 Å². The fourth-order valence-electron chi connectivity index (χ4n) is 2.36. The number of benzene rings is 2. The molecule has 0 N–H and O–H groups in total. The summed E-state index contributed by atoms with van der Waals surface area (Å²) in [7, 11) is 0. The molecule has 0 atom stereocenters. The van der Waals surface area contributed by atoms with Crippen molar-refractivity contribution in [3.8, 4) is 22.2 Å². The number of thiazole rings is 1. The second-order valence-electron chi connectivity index (χ2n) is 5.09. The van der Waals surface area contributed by atoms with Gasteiger partial charge in [-0.25, -0.2) is 0 Å². The minimum Gasteiger partial charge on any atom is -0.127 e. The van der Waals surface area contributed by atoms with Crippen molar-refractivity contribution in [1.29, 1.82) is 0 Å². The first-order chi connectivity index (χ1) is 11.3. The van der Waals surface area contributed by atoms with Gasteiger partial charge in [0, 0.05) is 10.9 Å². The molecule has 0 amide bonds. The van der Waals surface area contributed by atoms with Crippen molar-refractivity contribution in [3.63, 3.8) is 0 Å². The van der Waals surface area contributed by atoms with Gasteiger partial charge >= 0.3 is 11.0 Å². The van der Waals surface area contributed by atoms with E-state index in [2.05, 4.69) is 15.3 Å². The molecule has 4 aromatic rings. The van der Waals surface area contributed by atoms with Crippen molar-refractivity contribution < 1.29 is 4.68 Å². The van der Waals surface area contributed by atoms with E-state index in [4.69, 9.17) is 0 Å². The van der Waals surface area contributed by atoms with E-state index in [0.29, 0.717) is 0 Å². The molecule has 0 bridgehead atoms. The molecular formula is C17H14N5S+. The van der Waals surface area contributed by atoms with Gasteiger partial charge in [-0.15, -0.1) is 4.98 Å². The molecule has 2 heterocycles. The first kappa shape index (κ1) is 13.8. The van der Waals surface area contributed by atoms with Crippen molar-refractivity contribution in [1.82, 2.24) is 20.1 Å². The molecule has 112 valence electrons. The number of para-hydroxylation sites is 1. The van der Waals surface area contributed by atoms with Gasteiger partial charge in [0.15, 0.2) is 0 Å². The third-order valence-corrected chi connectivity index (χ3v) is 4.36. The molecule has 2 aromatic carbocycles. The molecule has 0 saturated heterocycles. The van der Waals surface area contributed by atoms with Crippen LogP contribution in [0.3, 0.4) is 0 Å². The summed E-state index contributed by atoms with van der Waals surface area (Å²) in [5, 5.41) is 11.6. The molecule has 6 heteroatoms. The second kappa shape index (κ2) is 5.73. The number of tetrazole rings is 1. The lowest BCUT2D eigenvalue weighted by molar-refractivity contribution is -0.669. The van der Waals surface area contributed by atoms with Crippen molar-refractivity contribution >= 4 is 11.3 Å². The van der Waals surface area contributed by atoms with Crippen LogP contribution in [0.4, 0.5) is 0 Å². The summed E-state index contributed by atoms with van der Waals surface area (Å²) in [5.41, 5.74) is 2.93. The fraction of sp³-hybridized carbons (Fsp3) is 0.0588. The molecular weight excluding hydrogens is 306 g/mol. The molecule has 2 aromatic heterocycles. The minimum atomic E-state index is 0.767. The lowest BCUT2D eigenvalue weighted by atomic mass is 10.2. The number of rotatable bonds is 3. The van der Waals surface area contributed by atoms with Gasteiger partial charge in [0.2, 0.25) is 0 Å². The van der Waals surface area contributed by atoms with Gasteiger partial charge in [-0.05, 0) is 36.0 Å². The van der Waals surface area contributed by atoms with Gasteiger partial charge in [0.05, 0.1) is 5.10 Å². The maximum Gasteiger partial charge on any atom is 0.313 e. The Kier molecular flexibility index (Phi) is 3.44. The highest BCUT2D eigenvalue weighted by Gasteiger charge is 2.25. The predicted octanol–water partition coefficient (Wildman–Crippen LogP) is 2.98. The van der Waals surface area contributed by atoms with Gasteiger partial charge in [-0.3, -0.25) is 0 Å². The normalized spacial score (nSPS) is 10.8. The van der Waals surface area contributed by atoms with Crippen LogP contribution in [0.15, 0.2) is 66.0 Å². The van der Waals surface area contributed by atoms with E-state index in [0.717, 1.165) is 27.9 Å². The number of aryl methyl sites for hydroxylation is 1. The van der Waals surface area contributed by atoms with E-state index in [-0.39, 0.29) is 0 Å². The molecule has 5 nitrogen and oxygen atoms in total. The maximum absolute atomic E-state index is 4.61. The molecule has 0 radical (unpaired) electrons. The van der Waals surface area contributed by atoms with Crippen LogP contribution in [0.1, 0.15) is 5.69 Å². The molecule has 0 spiro atoms. The molecule has 23 heavy (non-hydrogen) atoms. The third kappa shape index (κ3) is 2.53. The van der Waals surface area contributed by atoms with Gasteiger partial charge < -0.3 is 0 Å². The third-order valence-electron chi connectivity index (χ3n) is 3.42. The van der Waals surface area contributed by atoms with E-state index in [1.54, 1.807) is 16.1 Å². The highest BCUT2D eigenvalue weighted by molar-refractivity contribution is 7.11. The SMILES string of the molecule is Cc1csc(-[n+]2c(-c3ccccc3)nnn2-c2ccccc2)n1. The van der Waals surface area contributed by atoms with E-state index in [1.165, 1.54) is 0 Å². The van der Waals surface area contributed by atoms with Crippen molar-refractivity contribution in [2.45, 2.75) is 6.92 Å². The van der Waals surface area contributed by atoms with Crippen LogP contribution in [-0.2, 0) is 0 Å². The summed E-state index contributed by atoms with van der Waals surface area (Å²) in [6.07, 6.45) is 0. The average Bonchev–Trinajstić information content (AvgIpc) is 3.22. The summed E-state index contributed by atoms with van der Waals surface area (Å²) < 4.78 is 1.95. The fourth-order valence-corrected chi connectivity index (χ4v) is 3.15. The Bertz CT molecular complexity index is 871. The van der Waals surface area contributed by atoms with E-state index < -0.39 is 0 Å². The number of nitrogens with zero attached hydrogens (tertiary/aromatic N) is 5. The molecule has 4 rings (SSSR count). The number of aromatic nitrogens is 5. The Balaban J connectivity index is 1.97. The maximum atomic E-state index is 4.61. The molecule has 0 aliphatic heterocycles. The summed E-state index contributed by atoms with van der Waals surface area (Å²) in [5.74, 6) is 0.767. The Morgan fingerprint density at radius 1 is 0.957 bits per heavy atom. The zero-order chi connectivity index (χ0) is 15.6. The second-order valence-corrected chi connectivity index (χ2v) is 5.92. The van der Waals surface area contributed by atoms with Crippen molar-refractivity contribution in [3.05, 3.63) is 71.7 Å². The molecule has 0 aliphatic carbocycles. The van der Waals surface area contributed by atoms with E-state index >= 15 is 0 Å². The first-order valence-electron chi connectivity index (χ1n) is 7.24. The minimum absolute atomic E-state index is 0.767. The van der Waals surface area contributed by atoms with Crippen LogP contribution in [-0.4, -0.2) is 20.1 Å². The van der Waals surface area contributed by atoms with Crippen LogP contribution >= 0.6 is 11.3 Å². The van der Waals surface area contributed by atoms with Gasteiger partial charge in [-0.1, -0.05) is 52.4 Å². The van der Waals surface area contributed by atoms with Crippen LogP contribution in [0.2, 0.25) is 0 Å². The van der Waals surface area contributed by atoms with E-state index in [1.807, 2.05) is 77.6 Å². The predicted molar refractivity (Wildman–Crippen MR) is 88.7 cm³/mol. The lowest BCUT2D eigenvalue weighted by Gasteiger charge is -2.02. The summed E-state index contributed by atoms with van der Waals surface area (Å²) in [4.78, 5) is 6.38. The van der Waals surface area contributed by atoms with Gasteiger partial charge in [-0.2, -0.15) is 0 Å². The topological polar surface area (TPSA) is 47.5 Å². The lowest BCUT2D eigenvalue weighted by Crippen LogP contribution is -2.42. The summed E-state index contributed by atoms with van der Waals surface area (Å²) in [6, 6.07) is 20.0. The van der Waals surface area contributed by atoms with E-state index in [9.17, 15) is 0 Å². The van der Waals surface area contributed by atoms with Crippen LogP contribution in [0.5, 0.6) is 0 Å². The first-order valence-corrected chi connectivity index (χ1v) is 8.12. The Labute approximate surface area is 137 Å². The monoisotopic (exact) mass is 320 g/mol. The largest absolute Gasteiger partial charge is 0.313 e. The molecule has 0 fully saturated rings. The molecule has 0 unspecified atom stereocenters. The highest BCUT2D eigenvalue weighted by atomic mass is 32.1. The quantitative estimate of drug-likeness (QED) is 0.545. The van der Waals surface area contributed by atoms with Gasteiger partial charge in [0.25, 0.3) is 0 Å². The number of hydrogen-bond acceptors (Lipinski definition) is 4.